The second kappa shape index (κ2) is 7.25. The van der Waals surface area contributed by atoms with Crippen LogP contribution in [-0.4, -0.2) is 24.7 Å². The summed E-state index contributed by atoms with van der Waals surface area (Å²) in [4.78, 5) is 12.4. The standard InChI is InChI=1S/C18H28N2O2/c1-4-18(5-2)15(11-16(18)22-6-3)20-17(21)14-9-7-13(12-19)8-10-14/h7-10,15-16H,4-6,11-12,19H2,1-3H3,(H,20,21). The van der Waals surface area contributed by atoms with Crippen molar-refractivity contribution in [2.45, 2.75) is 58.7 Å². The van der Waals surface area contributed by atoms with Crippen LogP contribution in [0.25, 0.3) is 0 Å². The van der Waals surface area contributed by atoms with Gasteiger partial charge in [-0.05, 0) is 43.9 Å². The minimum absolute atomic E-state index is 0.00482. The van der Waals surface area contributed by atoms with Gasteiger partial charge in [-0.2, -0.15) is 0 Å². The molecule has 0 aliphatic heterocycles. The van der Waals surface area contributed by atoms with Crippen LogP contribution in [0.1, 0.15) is 56.0 Å². The minimum atomic E-state index is -0.00482. The summed E-state index contributed by atoms with van der Waals surface area (Å²) in [5, 5.41) is 3.20. The number of nitrogens with one attached hydrogen (secondary N) is 1. The van der Waals surface area contributed by atoms with Crippen LogP contribution < -0.4 is 11.1 Å². The van der Waals surface area contributed by atoms with Gasteiger partial charge in [0.15, 0.2) is 0 Å². The fourth-order valence-electron chi connectivity index (χ4n) is 3.62. The maximum atomic E-state index is 12.4. The van der Waals surface area contributed by atoms with Gasteiger partial charge in [0, 0.05) is 30.2 Å². The molecule has 0 saturated heterocycles. The quantitative estimate of drug-likeness (QED) is 0.814. The number of ether oxygens (including phenoxy) is 1. The van der Waals surface area contributed by atoms with Crippen molar-refractivity contribution in [1.82, 2.24) is 5.32 Å². The highest BCUT2D eigenvalue weighted by atomic mass is 16.5. The third kappa shape index (κ3) is 3.03. The lowest BCUT2D eigenvalue weighted by Gasteiger charge is -2.55. The molecule has 22 heavy (non-hydrogen) atoms. The first-order valence-electron chi connectivity index (χ1n) is 8.32. The zero-order chi connectivity index (χ0) is 16.2. The van der Waals surface area contributed by atoms with E-state index >= 15 is 0 Å². The summed E-state index contributed by atoms with van der Waals surface area (Å²) < 4.78 is 5.86. The van der Waals surface area contributed by atoms with Crippen LogP contribution in [0.15, 0.2) is 24.3 Å². The molecule has 1 aromatic rings. The van der Waals surface area contributed by atoms with Crippen LogP contribution in [0.3, 0.4) is 0 Å². The topological polar surface area (TPSA) is 64.3 Å². The summed E-state index contributed by atoms with van der Waals surface area (Å²) in [5.74, 6) is -0.00482. The number of carbonyl (C=O) groups excluding carboxylic acids is 1. The van der Waals surface area contributed by atoms with E-state index in [4.69, 9.17) is 10.5 Å². The van der Waals surface area contributed by atoms with Crippen molar-refractivity contribution in [2.75, 3.05) is 6.61 Å². The molecule has 0 radical (unpaired) electrons. The Bertz CT molecular complexity index is 494. The molecule has 1 fully saturated rings. The van der Waals surface area contributed by atoms with E-state index in [9.17, 15) is 4.79 Å². The lowest BCUT2D eigenvalue weighted by atomic mass is 9.58. The van der Waals surface area contributed by atoms with Crippen molar-refractivity contribution in [2.24, 2.45) is 11.1 Å². The molecule has 0 bridgehead atoms. The maximum Gasteiger partial charge on any atom is 0.251 e. The lowest BCUT2D eigenvalue weighted by Crippen LogP contribution is -2.64. The van der Waals surface area contributed by atoms with Gasteiger partial charge in [-0.3, -0.25) is 4.79 Å². The Balaban J connectivity index is 2.04. The first kappa shape index (κ1) is 17.0. The summed E-state index contributed by atoms with van der Waals surface area (Å²) >= 11 is 0. The highest BCUT2D eigenvalue weighted by molar-refractivity contribution is 5.94. The second-order valence-corrected chi connectivity index (χ2v) is 6.05. The van der Waals surface area contributed by atoms with Crippen molar-refractivity contribution >= 4 is 5.91 Å². The Labute approximate surface area is 133 Å². The van der Waals surface area contributed by atoms with Crippen molar-refractivity contribution in [3.05, 3.63) is 35.4 Å². The van der Waals surface area contributed by atoms with Crippen LogP contribution >= 0.6 is 0 Å². The molecular weight excluding hydrogens is 276 g/mol. The third-order valence-corrected chi connectivity index (χ3v) is 5.23. The Morgan fingerprint density at radius 3 is 2.41 bits per heavy atom. The van der Waals surface area contributed by atoms with E-state index in [0.29, 0.717) is 12.1 Å². The van der Waals surface area contributed by atoms with Crippen molar-refractivity contribution in [1.29, 1.82) is 0 Å². The van der Waals surface area contributed by atoms with Gasteiger partial charge in [0.2, 0.25) is 0 Å². The highest BCUT2D eigenvalue weighted by Gasteiger charge is 2.53. The molecule has 1 aliphatic rings. The molecule has 2 unspecified atom stereocenters. The molecule has 4 heteroatoms. The summed E-state index contributed by atoms with van der Waals surface area (Å²) in [6.07, 6.45) is 3.20. The number of rotatable bonds is 7. The molecular formula is C18H28N2O2. The molecule has 4 nitrogen and oxygen atoms in total. The average Bonchev–Trinajstić information content (AvgIpc) is 2.55. The third-order valence-electron chi connectivity index (χ3n) is 5.23. The predicted molar refractivity (Wildman–Crippen MR) is 88.6 cm³/mol. The smallest absolute Gasteiger partial charge is 0.251 e. The zero-order valence-electron chi connectivity index (χ0n) is 13.9. The minimum Gasteiger partial charge on any atom is -0.378 e. The number of benzene rings is 1. The Morgan fingerprint density at radius 1 is 1.27 bits per heavy atom. The van der Waals surface area contributed by atoms with E-state index < -0.39 is 0 Å². The SMILES string of the molecule is CCOC1CC(NC(=O)c2ccc(CN)cc2)C1(CC)CC. The Hall–Kier alpha value is -1.39. The Morgan fingerprint density at radius 2 is 1.91 bits per heavy atom. The normalized spacial score (nSPS) is 22.9. The van der Waals surface area contributed by atoms with Gasteiger partial charge in [0.25, 0.3) is 5.91 Å². The molecule has 2 atom stereocenters. The van der Waals surface area contributed by atoms with E-state index in [0.717, 1.165) is 31.4 Å². The van der Waals surface area contributed by atoms with Crippen LogP contribution in [0.4, 0.5) is 0 Å². The first-order valence-corrected chi connectivity index (χ1v) is 8.32. The maximum absolute atomic E-state index is 12.4. The van der Waals surface area contributed by atoms with Gasteiger partial charge in [0.1, 0.15) is 0 Å². The van der Waals surface area contributed by atoms with Crippen molar-refractivity contribution in [3.8, 4) is 0 Å². The molecule has 1 amide bonds. The van der Waals surface area contributed by atoms with E-state index in [1.807, 2.05) is 31.2 Å². The first-order chi connectivity index (χ1) is 10.6. The number of carbonyl (C=O) groups is 1. The number of nitrogens with two attached hydrogens (primary N) is 1. The van der Waals surface area contributed by atoms with Crippen LogP contribution in [0, 0.1) is 5.41 Å². The molecule has 1 saturated carbocycles. The van der Waals surface area contributed by atoms with Gasteiger partial charge in [-0.15, -0.1) is 0 Å². The van der Waals surface area contributed by atoms with Crippen LogP contribution in [0.2, 0.25) is 0 Å². The fourth-order valence-corrected chi connectivity index (χ4v) is 3.62. The van der Waals surface area contributed by atoms with E-state index in [1.54, 1.807) is 0 Å². The number of hydrogen-bond acceptors (Lipinski definition) is 3. The van der Waals surface area contributed by atoms with Crippen LogP contribution in [0.5, 0.6) is 0 Å². The second-order valence-electron chi connectivity index (χ2n) is 6.05. The van der Waals surface area contributed by atoms with Crippen LogP contribution in [-0.2, 0) is 11.3 Å². The largest absolute Gasteiger partial charge is 0.378 e. The monoisotopic (exact) mass is 304 g/mol. The molecule has 0 aromatic heterocycles. The van der Waals surface area contributed by atoms with Gasteiger partial charge in [-0.1, -0.05) is 26.0 Å². The van der Waals surface area contributed by atoms with E-state index in [1.165, 1.54) is 0 Å². The zero-order valence-corrected chi connectivity index (χ0v) is 13.9. The molecule has 0 spiro atoms. The summed E-state index contributed by atoms with van der Waals surface area (Å²) in [6.45, 7) is 7.62. The average molecular weight is 304 g/mol. The molecule has 2 rings (SSSR count). The predicted octanol–water partition coefficient (Wildman–Crippen LogP) is 2.86. The molecule has 0 heterocycles. The number of hydrogen-bond donors (Lipinski definition) is 2. The van der Waals surface area contributed by atoms with Gasteiger partial charge < -0.3 is 15.8 Å². The summed E-state index contributed by atoms with van der Waals surface area (Å²) in [5.41, 5.74) is 7.39. The molecule has 1 aliphatic carbocycles. The van der Waals surface area contributed by atoms with Gasteiger partial charge >= 0.3 is 0 Å². The van der Waals surface area contributed by atoms with E-state index in [2.05, 4.69) is 19.2 Å². The number of amides is 1. The van der Waals surface area contributed by atoms with Crippen molar-refractivity contribution < 1.29 is 9.53 Å². The Kier molecular flexibility index (Phi) is 5.59. The highest BCUT2D eigenvalue weighted by Crippen LogP contribution is 2.48. The summed E-state index contributed by atoms with van der Waals surface area (Å²) in [7, 11) is 0. The lowest BCUT2D eigenvalue weighted by molar-refractivity contribution is -0.134. The van der Waals surface area contributed by atoms with Gasteiger partial charge in [0.05, 0.1) is 6.10 Å². The summed E-state index contributed by atoms with van der Waals surface area (Å²) in [6, 6.07) is 7.70. The van der Waals surface area contributed by atoms with E-state index in [-0.39, 0.29) is 23.5 Å². The molecule has 122 valence electrons. The fraction of sp³-hybridized carbons (Fsp3) is 0.611. The van der Waals surface area contributed by atoms with Gasteiger partial charge in [-0.25, -0.2) is 0 Å². The molecule has 1 aromatic carbocycles. The molecule has 3 N–H and O–H groups in total. The van der Waals surface area contributed by atoms with Crippen molar-refractivity contribution in [3.63, 3.8) is 0 Å².